The lowest BCUT2D eigenvalue weighted by Crippen LogP contribution is -2.32. The molecular weight excluding hydrogens is 470 g/mol. The molecule has 0 aromatic carbocycles. The molecule has 3 aliphatic rings. The predicted molar refractivity (Wildman–Crippen MR) is 135 cm³/mol. The van der Waals surface area contributed by atoms with Crippen LogP contribution in [0.4, 0.5) is 0 Å². The van der Waals surface area contributed by atoms with Crippen molar-refractivity contribution in [2.45, 2.75) is 49.2 Å². The number of rotatable bonds is 6. The van der Waals surface area contributed by atoms with Gasteiger partial charge >= 0.3 is 0 Å². The van der Waals surface area contributed by atoms with Crippen molar-refractivity contribution in [2.24, 2.45) is 18.1 Å². The minimum atomic E-state index is -0.0124. The molecule has 4 heterocycles. The summed E-state index contributed by atoms with van der Waals surface area (Å²) in [6.07, 6.45) is 7.85. The Balaban J connectivity index is 1.27. The molecular formula is C24H25N5OS3. The largest absolute Gasteiger partial charge is 0.309 e. The third-order valence-corrected chi connectivity index (χ3v) is 9.35. The quantitative estimate of drug-likeness (QED) is 0.410. The highest BCUT2D eigenvalue weighted by molar-refractivity contribution is 7.99. The molecule has 2 aliphatic carbocycles. The zero-order chi connectivity index (χ0) is 22.4. The van der Waals surface area contributed by atoms with Gasteiger partial charge in [0.2, 0.25) is 0 Å². The van der Waals surface area contributed by atoms with Crippen molar-refractivity contribution >= 4 is 52.1 Å². The predicted octanol–water partition coefficient (Wildman–Crippen LogP) is 5.73. The van der Waals surface area contributed by atoms with E-state index in [1.54, 1.807) is 27.7 Å². The molecule has 33 heavy (non-hydrogen) atoms. The van der Waals surface area contributed by atoms with E-state index in [1.807, 2.05) is 11.6 Å². The average molecular weight is 496 g/mol. The van der Waals surface area contributed by atoms with Crippen LogP contribution in [0.3, 0.4) is 0 Å². The average Bonchev–Trinajstić information content (AvgIpc) is 3.25. The van der Waals surface area contributed by atoms with E-state index in [0.29, 0.717) is 11.7 Å². The van der Waals surface area contributed by atoms with E-state index in [0.717, 1.165) is 36.0 Å². The first kappa shape index (κ1) is 21.3. The minimum absolute atomic E-state index is 0.0124. The van der Waals surface area contributed by atoms with Crippen LogP contribution in [0.2, 0.25) is 0 Å². The number of hydrazone groups is 1. The molecule has 0 spiro atoms. The normalized spacial score (nSPS) is 23.7. The fourth-order valence-corrected chi connectivity index (χ4v) is 7.16. The van der Waals surface area contributed by atoms with Crippen LogP contribution in [-0.2, 0) is 11.8 Å². The number of aromatic nitrogens is 3. The number of thiophene rings is 2. The first-order chi connectivity index (χ1) is 16.2. The molecule has 9 heteroatoms. The third-order valence-electron chi connectivity index (χ3n) is 6.59. The Kier molecular flexibility index (Phi) is 5.72. The highest BCUT2D eigenvalue weighted by Crippen LogP contribution is 2.46. The van der Waals surface area contributed by atoms with Crippen molar-refractivity contribution < 1.29 is 4.79 Å². The lowest BCUT2D eigenvalue weighted by molar-refractivity contribution is -0.130. The van der Waals surface area contributed by atoms with Gasteiger partial charge < -0.3 is 4.57 Å². The van der Waals surface area contributed by atoms with Crippen LogP contribution in [-0.4, -0.2) is 37.1 Å². The van der Waals surface area contributed by atoms with Crippen molar-refractivity contribution in [3.8, 4) is 0 Å². The lowest BCUT2D eigenvalue weighted by Gasteiger charge is -2.28. The summed E-state index contributed by atoms with van der Waals surface area (Å²) in [5, 5.41) is 20.4. The number of amides is 1. The van der Waals surface area contributed by atoms with Crippen LogP contribution >= 0.6 is 34.4 Å². The van der Waals surface area contributed by atoms with Gasteiger partial charge in [0, 0.05) is 28.6 Å². The number of allylic oxidation sites excluding steroid dienone is 1. The smallest absolute Gasteiger partial charge is 0.253 e. The molecule has 3 aromatic rings. The van der Waals surface area contributed by atoms with Crippen molar-refractivity contribution in [3.63, 3.8) is 0 Å². The fourth-order valence-electron chi connectivity index (χ4n) is 4.83. The SMILES string of the molecule is Cn1c(SCC(=O)N2N=C3/C(=C\c4cccs4)CCCC3C2c2cccs2)nnc1C1CC1. The standard InChI is InChI=1S/C24H25N5OS3/c1-28-23(15-9-10-15)25-26-24(28)33-14-20(30)29-22(19-8-4-12-32-19)18-7-2-5-16(21(18)27-29)13-17-6-3-11-31-17/h3-4,6,8,11-13,15,18,22H,2,5,7,9-10,14H2,1H3/b16-13-. The van der Waals surface area contributed by atoms with Gasteiger partial charge in [0.1, 0.15) is 5.82 Å². The van der Waals surface area contributed by atoms with Crippen LogP contribution in [0.15, 0.2) is 50.9 Å². The summed E-state index contributed by atoms with van der Waals surface area (Å²) in [5.41, 5.74) is 2.38. The first-order valence-electron chi connectivity index (χ1n) is 11.4. The molecule has 2 unspecified atom stereocenters. The molecule has 2 fully saturated rings. The van der Waals surface area contributed by atoms with Crippen LogP contribution < -0.4 is 0 Å². The maximum Gasteiger partial charge on any atom is 0.253 e. The summed E-state index contributed by atoms with van der Waals surface area (Å²) in [6.45, 7) is 0. The number of nitrogens with zero attached hydrogens (tertiary/aromatic N) is 5. The molecule has 0 saturated heterocycles. The molecule has 2 atom stereocenters. The Hall–Kier alpha value is -2.23. The summed E-state index contributed by atoms with van der Waals surface area (Å²) >= 11 is 4.92. The van der Waals surface area contributed by atoms with E-state index in [-0.39, 0.29) is 17.9 Å². The molecule has 170 valence electrons. The number of hydrogen-bond donors (Lipinski definition) is 0. The maximum atomic E-state index is 13.5. The van der Waals surface area contributed by atoms with E-state index >= 15 is 0 Å². The second-order valence-electron chi connectivity index (χ2n) is 8.83. The summed E-state index contributed by atoms with van der Waals surface area (Å²) in [7, 11) is 2.00. The molecule has 1 amide bonds. The maximum absolute atomic E-state index is 13.5. The van der Waals surface area contributed by atoms with Crippen LogP contribution in [0.5, 0.6) is 0 Å². The van der Waals surface area contributed by atoms with Gasteiger partial charge in [0.15, 0.2) is 5.16 Å². The number of carbonyl (C=O) groups excluding carboxylic acids is 1. The van der Waals surface area contributed by atoms with Gasteiger partial charge in [-0.15, -0.1) is 32.9 Å². The molecule has 0 bridgehead atoms. The Morgan fingerprint density at radius 1 is 1.18 bits per heavy atom. The molecule has 1 aliphatic heterocycles. The Morgan fingerprint density at radius 2 is 2.03 bits per heavy atom. The molecule has 0 N–H and O–H groups in total. The van der Waals surface area contributed by atoms with Gasteiger partial charge in [-0.05, 0) is 66.6 Å². The van der Waals surface area contributed by atoms with Crippen molar-refractivity contribution in [3.05, 3.63) is 56.2 Å². The van der Waals surface area contributed by atoms with Crippen LogP contribution in [0, 0.1) is 5.92 Å². The number of hydrogen-bond acceptors (Lipinski definition) is 7. The van der Waals surface area contributed by atoms with E-state index in [2.05, 4.69) is 51.3 Å². The Labute approximate surface area is 205 Å². The summed E-state index contributed by atoms with van der Waals surface area (Å²) in [6, 6.07) is 8.42. The number of fused-ring (bicyclic) bond motifs is 1. The molecule has 6 rings (SSSR count). The summed E-state index contributed by atoms with van der Waals surface area (Å²) < 4.78 is 2.05. The third kappa shape index (κ3) is 4.11. The number of thioether (sulfide) groups is 1. The van der Waals surface area contributed by atoms with Gasteiger partial charge in [-0.1, -0.05) is 23.9 Å². The van der Waals surface area contributed by atoms with Crippen molar-refractivity contribution in [2.75, 3.05) is 5.75 Å². The lowest BCUT2D eigenvalue weighted by atomic mass is 9.79. The minimum Gasteiger partial charge on any atom is -0.309 e. The molecule has 3 aromatic heterocycles. The van der Waals surface area contributed by atoms with Crippen LogP contribution in [0.1, 0.15) is 59.6 Å². The van der Waals surface area contributed by atoms with E-state index < -0.39 is 0 Å². The van der Waals surface area contributed by atoms with Gasteiger partial charge in [0.05, 0.1) is 17.5 Å². The Morgan fingerprint density at radius 3 is 2.79 bits per heavy atom. The summed E-state index contributed by atoms with van der Waals surface area (Å²) in [4.78, 5) is 15.9. The van der Waals surface area contributed by atoms with Crippen molar-refractivity contribution in [1.29, 1.82) is 0 Å². The molecule has 6 nitrogen and oxygen atoms in total. The van der Waals surface area contributed by atoms with Gasteiger partial charge in [-0.3, -0.25) is 4.79 Å². The van der Waals surface area contributed by atoms with E-state index in [9.17, 15) is 4.79 Å². The second kappa shape index (κ2) is 8.85. The zero-order valence-electron chi connectivity index (χ0n) is 18.4. The highest BCUT2D eigenvalue weighted by Gasteiger charge is 2.44. The fraction of sp³-hybridized carbons (Fsp3) is 0.417. The summed E-state index contributed by atoms with van der Waals surface area (Å²) in [5.74, 6) is 2.18. The molecule has 2 saturated carbocycles. The van der Waals surface area contributed by atoms with Gasteiger partial charge in [-0.25, -0.2) is 5.01 Å². The van der Waals surface area contributed by atoms with E-state index in [1.165, 1.54) is 39.9 Å². The monoisotopic (exact) mass is 495 g/mol. The van der Waals surface area contributed by atoms with Gasteiger partial charge in [-0.2, -0.15) is 5.10 Å². The van der Waals surface area contributed by atoms with E-state index in [4.69, 9.17) is 5.10 Å². The second-order valence-corrected chi connectivity index (χ2v) is 11.7. The molecule has 0 radical (unpaired) electrons. The van der Waals surface area contributed by atoms with Gasteiger partial charge in [0.25, 0.3) is 5.91 Å². The highest BCUT2D eigenvalue weighted by atomic mass is 32.2. The Bertz CT molecular complexity index is 1210. The van der Waals surface area contributed by atoms with Crippen molar-refractivity contribution in [1.82, 2.24) is 19.8 Å². The van der Waals surface area contributed by atoms with Crippen LogP contribution in [0.25, 0.3) is 6.08 Å². The topological polar surface area (TPSA) is 63.4 Å². The first-order valence-corrected chi connectivity index (χ1v) is 14.1. The zero-order valence-corrected chi connectivity index (χ0v) is 20.8. The number of carbonyl (C=O) groups is 1.